The molecule has 28 heavy (non-hydrogen) atoms. The third-order valence-corrected chi connectivity index (χ3v) is 5.39. The molecule has 6 nitrogen and oxygen atoms in total. The van der Waals surface area contributed by atoms with Crippen LogP contribution in [-0.4, -0.2) is 39.1 Å². The summed E-state index contributed by atoms with van der Waals surface area (Å²) >= 11 is 0. The van der Waals surface area contributed by atoms with Gasteiger partial charge in [0.15, 0.2) is 0 Å². The van der Waals surface area contributed by atoms with Crippen LogP contribution in [0.25, 0.3) is 21.9 Å². The van der Waals surface area contributed by atoms with Crippen molar-refractivity contribution in [2.45, 2.75) is 26.4 Å². The molecular weight excluding hydrogens is 350 g/mol. The van der Waals surface area contributed by atoms with Crippen LogP contribution in [0.15, 0.2) is 48.9 Å². The molecule has 1 fully saturated rings. The number of nitrogens with zero attached hydrogens (tertiary/aromatic N) is 5. The van der Waals surface area contributed by atoms with Crippen molar-refractivity contribution in [3.8, 4) is 5.88 Å². The van der Waals surface area contributed by atoms with Gasteiger partial charge in [-0.25, -0.2) is 19.9 Å². The normalized spacial score (nSPS) is 16.8. The van der Waals surface area contributed by atoms with Gasteiger partial charge in [-0.05, 0) is 49.2 Å². The van der Waals surface area contributed by atoms with E-state index in [2.05, 4.69) is 50.8 Å². The van der Waals surface area contributed by atoms with E-state index in [-0.39, 0.29) is 6.10 Å². The number of aromatic nitrogens is 4. The molecule has 0 N–H and O–H groups in total. The summed E-state index contributed by atoms with van der Waals surface area (Å²) in [5, 5.41) is 1.09. The van der Waals surface area contributed by atoms with Gasteiger partial charge in [0, 0.05) is 18.4 Å². The third kappa shape index (κ3) is 3.01. The molecule has 1 atom stereocenters. The first kappa shape index (κ1) is 16.9. The minimum absolute atomic E-state index is 0.0621. The topological polar surface area (TPSA) is 64.0 Å². The van der Waals surface area contributed by atoms with E-state index in [9.17, 15) is 0 Å². The van der Waals surface area contributed by atoms with Gasteiger partial charge in [0.2, 0.25) is 5.88 Å². The van der Waals surface area contributed by atoms with Gasteiger partial charge in [-0.2, -0.15) is 0 Å². The van der Waals surface area contributed by atoms with Gasteiger partial charge in [-0.15, -0.1) is 0 Å². The van der Waals surface area contributed by atoms with Gasteiger partial charge in [0.05, 0.1) is 29.3 Å². The molecule has 0 radical (unpaired) electrons. The average molecular weight is 371 g/mol. The largest absolute Gasteiger partial charge is 0.471 e. The Morgan fingerprint density at radius 2 is 1.79 bits per heavy atom. The number of anilines is 1. The highest BCUT2D eigenvalue weighted by Gasteiger charge is 2.27. The molecule has 0 spiro atoms. The van der Waals surface area contributed by atoms with Gasteiger partial charge in [0.1, 0.15) is 18.2 Å². The maximum absolute atomic E-state index is 6.13. The Labute approximate surface area is 163 Å². The number of benzene rings is 2. The molecule has 1 saturated heterocycles. The Hall–Kier alpha value is -3.28. The SMILES string of the molecule is Cc1cc2ncnc(N3CCC(Oc4cnc5ccccc5n4)C3)c2cc1C. The summed E-state index contributed by atoms with van der Waals surface area (Å²) in [4.78, 5) is 20.3. The van der Waals surface area contributed by atoms with Crippen LogP contribution >= 0.6 is 0 Å². The van der Waals surface area contributed by atoms with Crippen molar-refractivity contribution < 1.29 is 4.74 Å². The van der Waals surface area contributed by atoms with E-state index >= 15 is 0 Å². The lowest BCUT2D eigenvalue weighted by Gasteiger charge is -2.19. The molecule has 5 rings (SSSR count). The molecule has 4 aromatic rings. The summed E-state index contributed by atoms with van der Waals surface area (Å²) < 4.78 is 6.13. The molecule has 6 heteroatoms. The second-order valence-corrected chi connectivity index (χ2v) is 7.32. The fourth-order valence-corrected chi connectivity index (χ4v) is 3.74. The van der Waals surface area contributed by atoms with Gasteiger partial charge >= 0.3 is 0 Å². The lowest BCUT2D eigenvalue weighted by atomic mass is 10.1. The highest BCUT2D eigenvalue weighted by atomic mass is 16.5. The third-order valence-electron chi connectivity index (χ3n) is 5.39. The van der Waals surface area contributed by atoms with Crippen LogP contribution in [0, 0.1) is 13.8 Å². The van der Waals surface area contributed by atoms with E-state index in [0.29, 0.717) is 5.88 Å². The van der Waals surface area contributed by atoms with E-state index in [4.69, 9.17) is 4.74 Å². The van der Waals surface area contributed by atoms with E-state index in [1.54, 1.807) is 12.5 Å². The van der Waals surface area contributed by atoms with Crippen molar-refractivity contribution >= 4 is 27.8 Å². The van der Waals surface area contributed by atoms with E-state index in [1.807, 2.05) is 24.3 Å². The smallest absolute Gasteiger partial charge is 0.233 e. The van der Waals surface area contributed by atoms with E-state index in [1.165, 1.54) is 11.1 Å². The van der Waals surface area contributed by atoms with E-state index < -0.39 is 0 Å². The summed E-state index contributed by atoms with van der Waals surface area (Å²) in [6.45, 7) is 5.90. The Balaban J connectivity index is 1.38. The van der Waals surface area contributed by atoms with Crippen LogP contribution in [0.3, 0.4) is 0 Å². The standard InChI is InChI=1S/C22H21N5O/c1-14-9-17-20(10-15(14)2)24-13-25-22(17)27-8-7-16(12-27)28-21-11-23-18-5-3-4-6-19(18)26-21/h3-6,9-11,13,16H,7-8,12H2,1-2H3. The Kier molecular flexibility index (Phi) is 4.04. The maximum Gasteiger partial charge on any atom is 0.233 e. The van der Waals surface area contributed by atoms with Crippen LogP contribution in [-0.2, 0) is 0 Å². The van der Waals surface area contributed by atoms with Crippen molar-refractivity contribution in [3.63, 3.8) is 0 Å². The highest BCUT2D eigenvalue weighted by Crippen LogP contribution is 2.29. The van der Waals surface area contributed by atoms with Gasteiger partial charge < -0.3 is 9.64 Å². The Morgan fingerprint density at radius 1 is 0.964 bits per heavy atom. The zero-order valence-corrected chi connectivity index (χ0v) is 16.0. The summed E-state index contributed by atoms with van der Waals surface area (Å²) in [5.74, 6) is 1.55. The first-order chi connectivity index (χ1) is 13.7. The molecule has 2 aromatic heterocycles. The van der Waals surface area contributed by atoms with Crippen LogP contribution in [0.5, 0.6) is 5.88 Å². The quantitative estimate of drug-likeness (QED) is 0.545. The van der Waals surface area contributed by atoms with Crippen molar-refractivity contribution in [1.82, 2.24) is 19.9 Å². The summed E-state index contributed by atoms with van der Waals surface area (Å²) in [6.07, 6.45) is 4.34. The molecule has 0 aliphatic carbocycles. The summed E-state index contributed by atoms with van der Waals surface area (Å²) in [7, 11) is 0. The molecule has 0 bridgehead atoms. The zero-order chi connectivity index (χ0) is 19.1. The first-order valence-electron chi connectivity index (χ1n) is 9.53. The number of rotatable bonds is 3. The molecule has 3 heterocycles. The van der Waals surface area contributed by atoms with Gasteiger partial charge in [-0.1, -0.05) is 12.1 Å². The second-order valence-electron chi connectivity index (χ2n) is 7.32. The summed E-state index contributed by atoms with van der Waals surface area (Å²) in [6, 6.07) is 12.1. The minimum Gasteiger partial charge on any atom is -0.471 e. The molecular formula is C22H21N5O. The number of para-hydroxylation sites is 2. The number of aryl methyl sites for hydroxylation is 2. The number of ether oxygens (including phenoxy) is 1. The lowest BCUT2D eigenvalue weighted by Crippen LogP contribution is -2.25. The van der Waals surface area contributed by atoms with Crippen LogP contribution < -0.4 is 9.64 Å². The molecule has 2 aromatic carbocycles. The zero-order valence-electron chi connectivity index (χ0n) is 16.0. The molecule has 0 saturated carbocycles. The Morgan fingerprint density at radius 3 is 2.68 bits per heavy atom. The highest BCUT2D eigenvalue weighted by molar-refractivity contribution is 5.90. The molecule has 140 valence electrons. The molecule has 1 unspecified atom stereocenters. The molecule has 0 amide bonds. The number of fused-ring (bicyclic) bond motifs is 2. The fraction of sp³-hybridized carbons (Fsp3) is 0.273. The summed E-state index contributed by atoms with van der Waals surface area (Å²) in [5.41, 5.74) is 5.21. The molecule has 1 aliphatic heterocycles. The first-order valence-corrected chi connectivity index (χ1v) is 9.53. The van der Waals surface area contributed by atoms with Crippen molar-refractivity contribution in [1.29, 1.82) is 0 Å². The second kappa shape index (κ2) is 6.71. The van der Waals surface area contributed by atoms with Crippen LogP contribution in [0.2, 0.25) is 0 Å². The van der Waals surface area contributed by atoms with Crippen molar-refractivity contribution in [2.75, 3.05) is 18.0 Å². The number of hydrogen-bond acceptors (Lipinski definition) is 6. The average Bonchev–Trinajstić information content (AvgIpc) is 3.16. The van der Waals surface area contributed by atoms with Gasteiger partial charge in [-0.3, -0.25) is 0 Å². The van der Waals surface area contributed by atoms with E-state index in [0.717, 1.165) is 47.3 Å². The van der Waals surface area contributed by atoms with Crippen LogP contribution in [0.1, 0.15) is 17.5 Å². The lowest BCUT2D eigenvalue weighted by molar-refractivity contribution is 0.216. The fourth-order valence-electron chi connectivity index (χ4n) is 3.74. The minimum atomic E-state index is 0.0621. The van der Waals surface area contributed by atoms with Gasteiger partial charge in [0.25, 0.3) is 0 Å². The maximum atomic E-state index is 6.13. The predicted molar refractivity (Wildman–Crippen MR) is 110 cm³/mol. The van der Waals surface area contributed by atoms with Crippen molar-refractivity contribution in [3.05, 3.63) is 60.0 Å². The molecule has 1 aliphatic rings. The van der Waals surface area contributed by atoms with Crippen LogP contribution in [0.4, 0.5) is 5.82 Å². The predicted octanol–water partition coefficient (Wildman–Crippen LogP) is 3.85. The number of hydrogen-bond donors (Lipinski definition) is 0. The van der Waals surface area contributed by atoms with Crippen molar-refractivity contribution in [2.24, 2.45) is 0 Å². The monoisotopic (exact) mass is 371 g/mol. The Bertz CT molecular complexity index is 1180.